The third kappa shape index (κ3) is 3.83. The molecule has 0 spiro atoms. The molecule has 1 aromatic rings. The average Bonchev–Trinajstić information content (AvgIpc) is 2.86. The van der Waals surface area contributed by atoms with Gasteiger partial charge in [0, 0.05) is 21.7 Å². The monoisotopic (exact) mass is 392 g/mol. The topological polar surface area (TPSA) is 32.3 Å². The second kappa shape index (κ2) is 6.90. The fourth-order valence-corrected chi connectivity index (χ4v) is 3.13. The van der Waals surface area contributed by atoms with Crippen LogP contribution in [-0.4, -0.2) is 36.5 Å². The molecule has 1 saturated heterocycles. The molecule has 1 amide bonds. The molecular formula is C14H18ClIN2O. The van der Waals surface area contributed by atoms with E-state index in [9.17, 15) is 4.79 Å². The van der Waals surface area contributed by atoms with E-state index >= 15 is 0 Å². The van der Waals surface area contributed by atoms with Crippen molar-refractivity contribution < 1.29 is 4.79 Å². The molecule has 1 aliphatic rings. The first-order valence-corrected chi connectivity index (χ1v) is 8.04. The SMILES string of the molecule is CCN1CCCC1CNC(=O)c1ccc(Cl)c(I)c1. The van der Waals surface area contributed by atoms with Gasteiger partial charge in [0.15, 0.2) is 0 Å². The van der Waals surface area contributed by atoms with Crippen molar-refractivity contribution in [1.82, 2.24) is 10.2 Å². The number of hydrogen-bond donors (Lipinski definition) is 1. The van der Waals surface area contributed by atoms with Gasteiger partial charge >= 0.3 is 0 Å². The number of likely N-dealkylation sites (N-methyl/N-ethyl adjacent to an activating group) is 1. The molecule has 1 aliphatic heterocycles. The van der Waals surface area contributed by atoms with Crippen LogP contribution in [-0.2, 0) is 0 Å². The van der Waals surface area contributed by atoms with Crippen LogP contribution >= 0.6 is 34.2 Å². The van der Waals surface area contributed by atoms with Crippen LogP contribution in [0.25, 0.3) is 0 Å². The van der Waals surface area contributed by atoms with Gasteiger partial charge in [-0.15, -0.1) is 0 Å². The number of amides is 1. The van der Waals surface area contributed by atoms with Gasteiger partial charge in [-0.25, -0.2) is 0 Å². The van der Waals surface area contributed by atoms with Crippen LogP contribution in [0.15, 0.2) is 18.2 Å². The molecule has 2 rings (SSSR count). The molecule has 0 saturated carbocycles. The van der Waals surface area contributed by atoms with E-state index in [1.165, 1.54) is 12.8 Å². The van der Waals surface area contributed by atoms with Crippen molar-refractivity contribution in [3.8, 4) is 0 Å². The highest BCUT2D eigenvalue weighted by atomic mass is 127. The maximum absolute atomic E-state index is 12.1. The van der Waals surface area contributed by atoms with Gasteiger partial charge in [-0.3, -0.25) is 9.69 Å². The zero-order chi connectivity index (χ0) is 13.8. The quantitative estimate of drug-likeness (QED) is 0.798. The first-order chi connectivity index (χ1) is 9.11. The predicted molar refractivity (Wildman–Crippen MR) is 86.8 cm³/mol. The minimum Gasteiger partial charge on any atom is -0.350 e. The Hall–Kier alpha value is -0.330. The van der Waals surface area contributed by atoms with Crippen LogP contribution in [0.1, 0.15) is 30.1 Å². The molecule has 3 nitrogen and oxygen atoms in total. The minimum absolute atomic E-state index is 0.0162. The van der Waals surface area contributed by atoms with Crippen molar-refractivity contribution in [2.24, 2.45) is 0 Å². The molecule has 0 aliphatic carbocycles. The standard InChI is InChI=1S/C14H18ClIN2O/c1-2-18-7-3-4-11(18)9-17-14(19)10-5-6-12(15)13(16)8-10/h5-6,8,11H,2-4,7,9H2,1H3,(H,17,19). The molecule has 1 N–H and O–H groups in total. The summed E-state index contributed by atoms with van der Waals surface area (Å²) in [5, 5.41) is 3.71. The number of carbonyl (C=O) groups is 1. The molecule has 19 heavy (non-hydrogen) atoms. The molecule has 1 fully saturated rings. The summed E-state index contributed by atoms with van der Waals surface area (Å²) < 4.78 is 0.906. The Kier molecular flexibility index (Phi) is 5.47. The molecule has 0 aromatic heterocycles. The summed E-state index contributed by atoms with van der Waals surface area (Å²) >= 11 is 8.10. The number of hydrogen-bond acceptors (Lipinski definition) is 2. The Bertz CT molecular complexity index is 467. The normalized spacial score (nSPS) is 19.6. The highest BCUT2D eigenvalue weighted by Crippen LogP contribution is 2.20. The summed E-state index contributed by atoms with van der Waals surface area (Å²) in [6.45, 7) is 5.10. The molecule has 1 heterocycles. The van der Waals surface area contributed by atoms with Crippen LogP contribution in [0.2, 0.25) is 5.02 Å². The largest absolute Gasteiger partial charge is 0.350 e. The van der Waals surface area contributed by atoms with Gasteiger partial charge < -0.3 is 5.32 Å². The third-order valence-corrected chi connectivity index (χ3v) is 5.13. The minimum atomic E-state index is -0.0162. The van der Waals surface area contributed by atoms with Gasteiger partial charge in [0.05, 0.1) is 5.02 Å². The molecule has 1 aromatic carbocycles. The predicted octanol–water partition coefficient (Wildman–Crippen LogP) is 3.16. The van der Waals surface area contributed by atoms with Crippen molar-refractivity contribution in [3.05, 3.63) is 32.4 Å². The van der Waals surface area contributed by atoms with E-state index in [4.69, 9.17) is 11.6 Å². The van der Waals surface area contributed by atoms with E-state index in [1.54, 1.807) is 12.1 Å². The number of nitrogens with zero attached hydrogens (tertiary/aromatic N) is 1. The van der Waals surface area contributed by atoms with E-state index < -0.39 is 0 Å². The molecule has 104 valence electrons. The van der Waals surface area contributed by atoms with Crippen LogP contribution < -0.4 is 5.32 Å². The summed E-state index contributed by atoms with van der Waals surface area (Å²) in [4.78, 5) is 14.5. The van der Waals surface area contributed by atoms with Gasteiger partial charge in [0.1, 0.15) is 0 Å². The Morgan fingerprint density at radius 2 is 2.37 bits per heavy atom. The van der Waals surface area contributed by atoms with Gasteiger partial charge in [-0.1, -0.05) is 18.5 Å². The van der Waals surface area contributed by atoms with E-state index in [1.807, 2.05) is 6.07 Å². The number of halogens is 2. The zero-order valence-electron chi connectivity index (χ0n) is 11.0. The number of likely N-dealkylation sites (tertiary alicyclic amines) is 1. The lowest BCUT2D eigenvalue weighted by atomic mass is 10.2. The number of carbonyl (C=O) groups excluding carboxylic acids is 1. The zero-order valence-corrected chi connectivity index (χ0v) is 13.9. The Morgan fingerprint density at radius 1 is 1.58 bits per heavy atom. The second-order valence-corrected chi connectivity index (χ2v) is 6.33. The lowest BCUT2D eigenvalue weighted by Crippen LogP contribution is -2.40. The fraction of sp³-hybridized carbons (Fsp3) is 0.500. The first kappa shape index (κ1) is 15.1. The van der Waals surface area contributed by atoms with E-state index in [2.05, 4.69) is 39.7 Å². The van der Waals surface area contributed by atoms with Crippen molar-refractivity contribution in [1.29, 1.82) is 0 Å². The highest BCUT2D eigenvalue weighted by Gasteiger charge is 2.23. The summed E-state index contributed by atoms with van der Waals surface area (Å²) in [5.74, 6) is -0.0162. The van der Waals surface area contributed by atoms with Crippen molar-refractivity contribution in [2.45, 2.75) is 25.8 Å². The maximum Gasteiger partial charge on any atom is 0.251 e. The smallest absolute Gasteiger partial charge is 0.251 e. The summed E-state index contributed by atoms with van der Waals surface area (Å²) in [5.41, 5.74) is 0.676. The number of nitrogens with one attached hydrogen (secondary N) is 1. The average molecular weight is 393 g/mol. The fourth-order valence-electron chi connectivity index (χ4n) is 2.49. The number of benzene rings is 1. The van der Waals surface area contributed by atoms with E-state index in [0.29, 0.717) is 16.6 Å². The van der Waals surface area contributed by atoms with E-state index in [0.717, 1.165) is 23.2 Å². The molecule has 0 bridgehead atoms. The highest BCUT2D eigenvalue weighted by molar-refractivity contribution is 14.1. The molecule has 1 unspecified atom stereocenters. The van der Waals surface area contributed by atoms with Gasteiger partial charge in [0.2, 0.25) is 0 Å². The molecule has 1 atom stereocenters. The van der Waals surface area contributed by atoms with Crippen LogP contribution in [0, 0.1) is 3.57 Å². The van der Waals surface area contributed by atoms with Gasteiger partial charge in [0.25, 0.3) is 5.91 Å². The van der Waals surface area contributed by atoms with Crippen molar-refractivity contribution in [2.75, 3.05) is 19.6 Å². The first-order valence-electron chi connectivity index (χ1n) is 6.59. The molecular weight excluding hydrogens is 375 g/mol. The second-order valence-electron chi connectivity index (χ2n) is 4.76. The molecule has 0 radical (unpaired) electrons. The van der Waals surface area contributed by atoms with Crippen LogP contribution in [0.5, 0.6) is 0 Å². The van der Waals surface area contributed by atoms with E-state index in [-0.39, 0.29) is 5.91 Å². The van der Waals surface area contributed by atoms with Gasteiger partial charge in [-0.2, -0.15) is 0 Å². The Balaban J connectivity index is 1.92. The number of rotatable bonds is 4. The summed E-state index contributed by atoms with van der Waals surface area (Å²) in [6.07, 6.45) is 2.40. The lowest BCUT2D eigenvalue weighted by Gasteiger charge is -2.22. The lowest BCUT2D eigenvalue weighted by molar-refractivity contribution is 0.0941. The Morgan fingerprint density at radius 3 is 3.05 bits per heavy atom. The molecule has 5 heteroatoms. The third-order valence-electron chi connectivity index (χ3n) is 3.59. The Labute approximate surface area is 132 Å². The maximum atomic E-state index is 12.1. The van der Waals surface area contributed by atoms with Crippen LogP contribution in [0.4, 0.5) is 0 Å². The van der Waals surface area contributed by atoms with Crippen LogP contribution in [0.3, 0.4) is 0 Å². The summed E-state index contributed by atoms with van der Waals surface area (Å²) in [6, 6.07) is 5.85. The van der Waals surface area contributed by atoms with Gasteiger partial charge in [-0.05, 0) is 66.7 Å². The summed E-state index contributed by atoms with van der Waals surface area (Å²) in [7, 11) is 0. The van der Waals surface area contributed by atoms with Crippen molar-refractivity contribution >= 4 is 40.1 Å². The van der Waals surface area contributed by atoms with Crippen molar-refractivity contribution in [3.63, 3.8) is 0 Å².